The minimum absolute atomic E-state index is 0.411. The minimum Gasteiger partial charge on any atom is -0.480 e. The van der Waals surface area contributed by atoms with E-state index in [0.717, 1.165) is 17.7 Å². The van der Waals surface area contributed by atoms with E-state index in [1.807, 2.05) is 31.2 Å². The van der Waals surface area contributed by atoms with Crippen LogP contribution < -0.4 is 0 Å². The highest BCUT2D eigenvalue weighted by Gasteiger charge is 2.65. The van der Waals surface area contributed by atoms with E-state index in [0.29, 0.717) is 5.41 Å². The van der Waals surface area contributed by atoms with Crippen molar-refractivity contribution in [2.24, 2.45) is 5.41 Å². The molecule has 1 N–H and O–H groups in total. The molecule has 0 aliphatic heterocycles. The fraction of sp³-hybridized carbons (Fsp3) is 0.500. The first kappa shape index (κ1) is 11.1. The molecular formula is C14H16O2S. The number of thioether (sulfide) groups is 1. The lowest BCUT2D eigenvalue weighted by Crippen LogP contribution is -2.48. The van der Waals surface area contributed by atoms with Gasteiger partial charge in [0.25, 0.3) is 0 Å². The Kier molecular flexibility index (Phi) is 2.31. The molecule has 0 saturated heterocycles. The van der Waals surface area contributed by atoms with Crippen LogP contribution in [0.15, 0.2) is 29.2 Å². The number of rotatable bonds is 3. The maximum atomic E-state index is 11.5. The summed E-state index contributed by atoms with van der Waals surface area (Å²) in [6.07, 6.45) is 4.18. The van der Waals surface area contributed by atoms with E-state index < -0.39 is 10.7 Å². The van der Waals surface area contributed by atoms with Crippen molar-refractivity contribution in [2.45, 2.75) is 42.2 Å². The van der Waals surface area contributed by atoms with Crippen molar-refractivity contribution in [1.82, 2.24) is 0 Å². The summed E-state index contributed by atoms with van der Waals surface area (Å²) >= 11 is 1.56. The van der Waals surface area contributed by atoms with E-state index in [1.54, 1.807) is 11.8 Å². The monoisotopic (exact) mass is 248 g/mol. The molecule has 0 aromatic heterocycles. The van der Waals surface area contributed by atoms with Crippen molar-refractivity contribution in [2.75, 3.05) is 0 Å². The van der Waals surface area contributed by atoms with Crippen molar-refractivity contribution in [3.8, 4) is 0 Å². The van der Waals surface area contributed by atoms with Gasteiger partial charge in [-0.15, -0.1) is 11.8 Å². The fourth-order valence-corrected chi connectivity index (χ4v) is 4.48. The van der Waals surface area contributed by atoms with Crippen molar-refractivity contribution in [1.29, 1.82) is 0 Å². The van der Waals surface area contributed by atoms with Gasteiger partial charge in [-0.25, -0.2) is 0 Å². The molecule has 2 aliphatic rings. The van der Waals surface area contributed by atoms with Gasteiger partial charge in [-0.05, 0) is 49.7 Å². The molecule has 3 heteroatoms. The van der Waals surface area contributed by atoms with Crippen LogP contribution in [0.3, 0.4) is 0 Å². The molecule has 3 rings (SSSR count). The quantitative estimate of drug-likeness (QED) is 0.889. The first-order valence-corrected chi connectivity index (χ1v) is 6.85. The standard InChI is InChI=1S/C14H16O2S/c1-10-4-2-3-5-11(10)17-14(12(15)16)8-13(9-14)6-7-13/h2-5H,6-9H2,1H3,(H,15,16). The molecule has 2 nitrogen and oxygen atoms in total. The molecule has 0 heterocycles. The average molecular weight is 248 g/mol. The number of carboxylic acid groups (broad SMARTS) is 1. The molecule has 1 aromatic rings. The summed E-state index contributed by atoms with van der Waals surface area (Å²) in [5.74, 6) is -0.636. The number of carboxylic acids is 1. The van der Waals surface area contributed by atoms with Crippen LogP contribution in [0.25, 0.3) is 0 Å². The molecule has 0 atom stereocenters. The van der Waals surface area contributed by atoms with Gasteiger partial charge < -0.3 is 5.11 Å². The molecular weight excluding hydrogens is 232 g/mol. The molecule has 0 radical (unpaired) electrons. The van der Waals surface area contributed by atoms with Gasteiger partial charge in [-0.3, -0.25) is 4.79 Å². The summed E-state index contributed by atoms with van der Waals surface area (Å²) in [7, 11) is 0. The molecule has 0 unspecified atom stereocenters. The lowest BCUT2D eigenvalue weighted by molar-refractivity contribution is -0.144. The van der Waals surface area contributed by atoms with Gasteiger partial charge in [0.2, 0.25) is 0 Å². The number of aryl methyl sites for hydroxylation is 1. The van der Waals surface area contributed by atoms with Gasteiger partial charge in [0.1, 0.15) is 4.75 Å². The fourth-order valence-electron chi connectivity index (χ4n) is 2.84. The summed E-state index contributed by atoms with van der Waals surface area (Å²) in [6, 6.07) is 8.05. The maximum absolute atomic E-state index is 11.5. The molecule has 2 fully saturated rings. The lowest BCUT2D eigenvalue weighted by Gasteiger charge is -2.44. The van der Waals surface area contributed by atoms with Gasteiger partial charge in [0.15, 0.2) is 0 Å². The van der Waals surface area contributed by atoms with E-state index in [1.165, 1.54) is 18.4 Å². The highest BCUT2D eigenvalue weighted by Crippen LogP contribution is 2.69. The third-order valence-corrected chi connectivity index (χ3v) is 5.60. The third-order valence-electron chi connectivity index (χ3n) is 4.07. The largest absolute Gasteiger partial charge is 0.480 e. The molecule has 90 valence electrons. The molecule has 0 bridgehead atoms. The summed E-state index contributed by atoms with van der Waals surface area (Å²) in [4.78, 5) is 12.6. The minimum atomic E-state index is -0.636. The number of benzene rings is 1. The lowest BCUT2D eigenvalue weighted by atomic mass is 9.71. The van der Waals surface area contributed by atoms with Gasteiger partial charge in [-0.2, -0.15) is 0 Å². The van der Waals surface area contributed by atoms with Crippen LogP contribution in [0, 0.1) is 12.3 Å². The van der Waals surface area contributed by atoms with Crippen LogP contribution in [0.4, 0.5) is 0 Å². The van der Waals surface area contributed by atoms with E-state index >= 15 is 0 Å². The second kappa shape index (κ2) is 3.52. The zero-order chi connectivity index (χ0) is 12.1. The number of carbonyl (C=O) groups is 1. The van der Waals surface area contributed by atoms with E-state index in [-0.39, 0.29) is 0 Å². The van der Waals surface area contributed by atoms with Crippen molar-refractivity contribution < 1.29 is 9.90 Å². The first-order chi connectivity index (χ1) is 8.05. The Hall–Kier alpha value is -0.960. The second-order valence-corrected chi connectivity index (χ2v) is 6.95. The summed E-state index contributed by atoms with van der Waals surface area (Å²) in [6.45, 7) is 2.05. The van der Waals surface area contributed by atoms with Crippen molar-refractivity contribution in [3.63, 3.8) is 0 Å². The number of hydrogen-bond acceptors (Lipinski definition) is 2. The Balaban J connectivity index is 1.83. The molecule has 1 aromatic carbocycles. The average Bonchev–Trinajstić information content (AvgIpc) is 3.00. The highest BCUT2D eigenvalue weighted by molar-refractivity contribution is 8.01. The summed E-state index contributed by atoms with van der Waals surface area (Å²) in [5.41, 5.74) is 1.59. The Morgan fingerprint density at radius 2 is 1.94 bits per heavy atom. The van der Waals surface area contributed by atoms with Crippen LogP contribution in [-0.2, 0) is 4.79 Å². The Morgan fingerprint density at radius 3 is 2.47 bits per heavy atom. The normalized spacial score (nSPS) is 23.1. The molecule has 2 aliphatic carbocycles. The van der Waals surface area contributed by atoms with Gasteiger partial charge in [-0.1, -0.05) is 18.2 Å². The second-order valence-electron chi connectivity index (χ2n) is 5.52. The Morgan fingerprint density at radius 1 is 1.29 bits per heavy atom. The van der Waals surface area contributed by atoms with Crippen molar-refractivity contribution >= 4 is 17.7 Å². The molecule has 2 saturated carbocycles. The van der Waals surface area contributed by atoms with E-state index in [4.69, 9.17) is 0 Å². The van der Waals surface area contributed by atoms with Crippen LogP contribution in [0.1, 0.15) is 31.2 Å². The van der Waals surface area contributed by atoms with Gasteiger partial charge >= 0.3 is 5.97 Å². The van der Waals surface area contributed by atoms with Crippen LogP contribution in [0.2, 0.25) is 0 Å². The third kappa shape index (κ3) is 1.77. The predicted molar refractivity (Wildman–Crippen MR) is 68.3 cm³/mol. The zero-order valence-corrected chi connectivity index (χ0v) is 10.7. The molecule has 1 spiro atoms. The number of aliphatic carboxylic acids is 1. The molecule has 0 amide bonds. The first-order valence-electron chi connectivity index (χ1n) is 6.03. The van der Waals surface area contributed by atoms with Crippen molar-refractivity contribution in [3.05, 3.63) is 29.8 Å². The van der Waals surface area contributed by atoms with Gasteiger partial charge in [0.05, 0.1) is 0 Å². The van der Waals surface area contributed by atoms with E-state index in [2.05, 4.69) is 0 Å². The smallest absolute Gasteiger partial charge is 0.320 e. The van der Waals surface area contributed by atoms with E-state index in [9.17, 15) is 9.90 Å². The molecule has 17 heavy (non-hydrogen) atoms. The Bertz CT molecular complexity index is 469. The highest BCUT2D eigenvalue weighted by atomic mass is 32.2. The maximum Gasteiger partial charge on any atom is 0.320 e. The van der Waals surface area contributed by atoms with Crippen LogP contribution in [-0.4, -0.2) is 15.8 Å². The predicted octanol–water partition coefficient (Wildman–Crippen LogP) is 3.48. The van der Waals surface area contributed by atoms with Crippen LogP contribution >= 0.6 is 11.8 Å². The Labute approximate surface area is 105 Å². The zero-order valence-electron chi connectivity index (χ0n) is 9.90. The topological polar surface area (TPSA) is 37.3 Å². The van der Waals surface area contributed by atoms with Crippen LogP contribution in [0.5, 0.6) is 0 Å². The summed E-state index contributed by atoms with van der Waals surface area (Å²) < 4.78 is -0.553. The van der Waals surface area contributed by atoms with Gasteiger partial charge in [0, 0.05) is 4.90 Å². The summed E-state index contributed by atoms with van der Waals surface area (Å²) in [5, 5.41) is 9.48. The SMILES string of the molecule is Cc1ccccc1SC1(C(=O)O)CC2(CC2)C1. The number of hydrogen-bond donors (Lipinski definition) is 1.